The molecule has 12 heteroatoms. The third kappa shape index (κ3) is 13.0. The van der Waals surface area contributed by atoms with E-state index >= 15 is 0 Å². The number of ether oxygens (including phenoxy) is 1. The molecule has 0 bridgehead atoms. The number of halogens is 6. The van der Waals surface area contributed by atoms with Crippen LogP contribution in [-0.4, -0.2) is 88.3 Å². The number of hydrogen-bond acceptors (Lipinski definition) is 6. The Morgan fingerprint density at radius 1 is 1.26 bits per heavy atom. The van der Waals surface area contributed by atoms with Gasteiger partial charge >= 0.3 is 12.4 Å². The summed E-state index contributed by atoms with van der Waals surface area (Å²) < 4.78 is 76.3. The Morgan fingerprint density at radius 3 is 1.74 bits per heavy atom. The van der Waals surface area contributed by atoms with Crippen LogP contribution in [0.3, 0.4) is 0 Å². The molecule has 0 aromatic carbocycles. The second kappa shape index (κ2) is 14.1. The molecule has 0 aliphatic carbocycles. The molecule has 0 aromatic heterocycles. The van der Waals surface area contributed by atoms with Crippen molar-refractivity contribution in [1.82, 2.24) is 10.2 Å². The van der Waals surface area contributed by atoms with E-state index in [9.17, 15) is 26.3 Å². The SMILES string of the molecule is C.C=NC.CN.CN1COC(C)(C(F)(F)F)C1.CNCC(C)(O)C(F)(F)F. The van der Waals surface area contributed by atoms with Crippen LogP contribution in [0.2, 0.25) is 0 Å². The van der Waals surface area contributed by atoms with Crippen LogP contribution in [0.15, 0.2) is 4.99 Å². The van der Waals surface area contributed by atoms with Gasteiger partial charge in [0.25, 0.3) is 0 Å². The van der Waals surface area contributed by atoms with Crippen molar-refractivity contribution < 1.29 is 36.2 Å². The van der Waals surface area contributed by atoms with Crippen LogP contribution in [-0.2, 0) is 4.74 Å². The molecule has 1 aliphatic heterocycles. The zero-order valence-corrected chi connectivity index (χ0v) is 15.9. The lowest BCUT2D eigenvalue weighted by Gasteiger charge is -2.25. The van der Waals surface area contributed by atoms with Gasteiger partial charge in [-0.15, -0.1) is 0 Å². The topological polar surface area (TPSA) is 83.1 Å². The van der Waals surface area contributed by atoms with E-state index in [0.29, 0.717) is 0 Å². The Labute approximate surface area is 157 Å². The van der Waals surface area contributed by atoms with Crippen LogP contribution < -0.4 is 11.1 Å². The number of likely N-dealkylation sites (N-methyl/N-ethyl adjacent to an activating group) is 2. The molecule has 1 fully saturated rings. The fourth-order valence-electron chi connectivity index (χ4n) is 1.47. The average Bonchev–Trinajstić information content (AvgIpc) is 2.82. The van der Waals surface area contributed by atoms with E-state index < -0.39 is 30.1 Å². The molecule has 0 amide bonds. The number of nitrogens with two attached hydrogens (primary N) is 1. The Hall–Kier alpha value is -0.950. The molecular formula is C15H34F6N4O2. The van der Waals surface area contributed by atoms with Crippen molar-refractivity contribution in [3.63, 3.8) is 0 Å². The first kappa shape index (κ1) is 33.6. The summed E-state index contributed by atoms with van der Waals surface area (Å²) in [4.78, 5) is 4.74. The van der Waals surface area contributed by atoms with Crippen molar-refractivity contribution in [3.8, 4) is 0 Å². The number of rotatable bonds is 2. The van der Waals surface area contributed by atoms with Gasteiger partial charge in [0, 0.05) is 20.1 Å². The molecule has 0 aromatic rings. The summed E-state index contributed by atoms with van der Waals surface area (Å²) >= 11 is 0. The zero-order valence-electron chi connectivity index (χ0n) is 15.9. The molecule has 1 heterocycles. The van der Waals surface area contributed by atoms with Gasteiger partial charge in [-0.05, 0) is 41.7 Å². The van der Waals surface area contributed by atoms with Crippen LogP contribution in [0, 0.1) is 0 Å². The highest BCUT2D eigenvalue weighted by Gasteiger charge is 2.55. The van der Waals surface area contributed by atoms with Crippen LogP contribution in [0.5, 0.6) is 0 Å². The highest BCUT2D eigenvalue weighted by molar-refractivity contribution is 5.22. The fraction of sp³-hybridized carbons (Fsp3) is 0.933. The van der Waals surface area contributed by atoms with E-state index in [1.807, 2.05) is 0 Å². The summed E-state index contributed by atoms with van der Waals surface area (Å²) in [5.41, 5.74) is -0.0938. The highest BCUT2D eigenvalue weighted by Crippen LogP contribution is 2.36. The largest absolute Gasteiger partial charge is 0.418 e. The van der Waals surface area contributed by atoms with Crippen molar-refractivity contribution in [2.24, 2.45) is 10.7 Å². The molecule has 2 unspecified atom stereocenters. The third-order valence-electron chi connectivity index (χ3n) is 2.91. The predicted molar refractivity (Wildman–Crippen MR) is 96.0 cm³/mol. The van der Waals surface area contributed by atoms with Crippen molar-refractivity contribution >= 4 is 6.72 Å². The number of nitrogens with one attached hydrogen (secondary N) is 1. The van der Waals surface area contributed by atoms with Crippen molar-refractivity contribution in [2.75, 3.05) is 48.0 Å². The van der Waals surface area contributed by atoms with E-state index in [4.69, 9.17) is 5.11 Å². The van der Waals surface area contributed by atoms with Crippen molar-refractivity contribution in [2.45, 2.75) is 44.8 Å². The van der Waals surface area contributed by atoms with Gasteiger partial charge in [-0.2, -0.15) is 26.3 Å². The normalized spacial score (nSPS) is 21.7. The summed E-state index contributed by atoms with van der Waals surface area (Å²) in [5, 5.41) is 10.9. The molecule has 1 saturated heterocycles. The molecule has 27 heavy (non-hydrogen) atoms. The lowest BCUT2D eigenvalue weighted by Crippen LogP contribution is -2.49. The minimum Gasteiger partial charge on any atom is -0.380 e. The van der Waals surface area contributed by atoms with E-state index in [0.717, 1.165) is 13.8 Å². The minimum atomic E-state index is -4.56. The third-order valence-corrected chi connectivity index (χ3v) is 2.91. The van der Waals surface area contributed by atoms with E-state index in [-0.39, 0.29) is 20.7 Å². The second-order valence-corrected chi connectivity index (χ2v) is 5.63. The second-order valence-electron chi connectivity index (χ2n) is 5.63. The van der Waals surface area contributed by atoms with Gasteiger partial charge in [0.05, 0.1) is 0 Å². The highest BCUT2D eigenvalue weighted by atomic mass is 19.4. The van der Waals surface area contributed by atoms with E-state index in [1.165, 1.54) is 19.0 Å². The number of aliphatic hydroxyl groups is 1. The van der Waals surface area contributed by atoms with Crippen LogP contribution in [0.1, 0.15) is 21.3 Å². The lowest BCUT2D eigenvalue weighted by molar-refractivity contribution is -0.250. The number of alkyl halides is 6. The Morgan fingerprint density at radius 2 is 1.63 bits per heavy atom. The first-order chi connectivity index (χ1) is 11.6. The van der Waals surface area contributed by atoms with Gasteiger partial charge in [-0.1, -0.05) is 7.43 Å². The first-order valence-electron chi connectivity index (χ1n) is 7.33. The van der Waals surface area contributed by atoms with Crippen LogP contribution >= 0.6 is 0 Å². The summed E-state index contributed by atoms with van der Waals surface area (Å²) in [6.07, 6.45) is -8.83. The molecule has 6 nitrogen and oxygen atoms in total. The number of aliphatic imine (C=N–C) groups is 1. The van der Waals surface area contributed by atoms with Crippen LogP contribution in [0.25, 0.3) is 0 Å². The van der Waals surface area contributed by atoms with Gasteiger partial charge in [-0.25, -0.2) is 0 Å². The Balaban J connectivity index is -0.000000154. The zero-order chi connectivity index (χ0) is 21.8. The monoisotopic (exact) mass is 416 g/mol. The molecule has 1 aliphatic rings. The minimum absolute atomic E-state index is 0. The van der Waals surface area contributed by atoms with Crippen molar-refractivity contribution in [3.05, 3.63) is 0 Å². The predicted octanol–water partition coefficient (Wildman–Crippen LogP) is 2.27. The smallest absolute Gasteiger partial charge is 0.380 e. The van der Waals surface area contributed by atoms with Gasteiger partial charge in [0.15, 0.2) is 11.2 Å². The standard InChI is InChI=1S/C6H10F3NO.C5H10F3NO.C2H5N.CH5N.CH4/c1-5(6(7,8)9)3-10(2)4-11-5;1-4(10,3-9-2)5(6,7)8;1-3-2;1-2;/h3-4H2,1-2H3;9-10H,3H2,1-2H3;1H2,2H3;2H2,1H3;1H4. The summed E-state index contributed by atoms with van der Waals surface area (Å²) in [6, 6.07) is 0. The number of hydrogen-bond donors (Lipinski definition) is 3. The molecule has 4 N–H and O–H groups in total. The van der Waals surface area contributed by atoms with E-state index in [1.54, 1.807) is 14.1 Å². The molecule has 0 radical (unpaired) electrons. The summed E-state index contributed by atoms with van der Waals surface area (Å²) in [6.45, 7) is 4.38. The maximum absolute atomic E-state index is 12.2. The lowest BCUT2D eigenvalue weighted by atomic mass is 10.1. The van der Waals surface area contributed by atoms with Gasteiger partial charge in [-0.3, -0.25) is 4.90 Å². The average molecular weight is 416 g/mol. The fourth-order valence-corrected chi connectivity index (χ4v) is 1.47. The van der Waals surface area contributed by atoms with E-state index in [2.05, 4.69) is 27.5 Å². The molecule has 168 valence electrons. The molecular weight excluding hydrogens is 382 g/mol. The molecule has 2 atom stereocenters. The van der Waals surface area contributed by atoms with Gasteiger partial charge < -0.3 is 25.9 Å². The summed E-state index contributed by atoms with van der Waals surface area (Å²) in [5.74, 6) is 0. The molecule has 1 rings (SSSR count). The quantitative estimate of drug-likeness (QED) is 0.475. The van der Waals surface area contributed by atoms with Crippen LogP contribution in [0.4, 0.5) is 26.3 Å². The molecule has 0 saturated carbocycles. The van der Waals surface area contributed by atoms with Gasteiger partial charge in [0.2, 0.25) is 0 Å². The Bertz CT molecular complexity index is 378. The maximum atomic E-state index is 12.2. The first-order valence-corrected chi connectivity index (χ1v) is 7.33. The maximum Gasteiger partial charge on any atom is 0.418 e. The van der Waals surface area contributed by atoms with Crippen molar-refractivity contribution in [1.29, 1.82) is 0 Å². The number of nitrogens with zero attached hydrogens (tertiary/aromatic N) is 2. The molecule has 0 spiro atoms. The Kier molecular flexibility index (Phi) is 17.6. The van der Waals surface area contributed by atoms with Gasteiger partial charge in [0.1, 0.15) is 6.73 Å². The summed E-state index contributed by atoms with van der Waals surface area (Å²) in [7, 11) is 6.08.